The predicted octanol–water partition coefficient (Wildman–Crippen LogP) is 0.0248. The number of ether oxygens (including phenoxy) is 2. The number of benzene rings is 2. The Morgan fingerprint density at radius 3 is 2.29 bits per heavy atom. The summed E-state index contributed by atoms with van der Waals surface area (Å²) in [5.41, 5.74) is 0.0178. The number of ketones is 1. The first kappa shape index (κ1) is 21.3. The van der Waals surface area contributed by atoms with Gasteiger partial charge >= 0.3 is 0 Å². The van der Waals surface area contributed by atoms with E-state index < -0.39 is 60.5 Å². The molecule has 2 aromatic rings. The van der Waals surface area contributed by atoms with Crippen molar-refractivity contribution in [3.8, 4) is 23.0 Å². The Morgan fingerprint density at radius 2 is 1.65 bits per heavy atom. The van der Waals surface area contributed by atoms with Crippen molar-refractivity contribution in [2.75, 3.05) is 6.61 Å². The number of rotatable bonds is 3. The molecule has 166 valence electrons. The van der Waals surface area contributed by atoms with Crippen LogP contribution in [0.5, 0.6) is 23.0 Å². The molecule has 0 spiro atoms. The highest BCUT2D eigenvalue weighted by molar-refractivity contribution is 6.03. The minimum Gasteiger partial charge on any atom is -0.508 e. The van der Waals surface area contributed by atoms with Crippen LogP contribution in [0.4, 0.5) is 0 Å². The molecular formula is C21H22O10. The average Bonchev–Trinajstić information content (AvgIpc) is 2.73. The number of carbonyl (C=O) groups excluding carboxylic acids is 1. The smallest absolute Gasteiger partial charge is 0.174 e. The summed E-state index contributed by atoms with van der Waals surface area (Å²) in [5.74, 6) is -1.79. The summed E-state index contributed by atoms with van der Waals surface area (Å²) in [6.07, 6.45) is -8.72. The minimum absolute atomic E-state index is 0.0470. The Balaban J connectivity index is 1.72. The van der Waals surface area contributed by atoms with E-state index in [-0.39, 0.29) is 29.0 Å². The summed E-state index contributed by atoms with van der Waals surface area (Å²) in [5, 5.41) is 70.4. The molecule has 2 aliphatic heterocycles. The molecule has 31 heavy (non-hydrogen) atoms. The van der Waals surface area contributed by atoms with Crippen LogP contribution in [0, 0.1) is 0 Å². The summed E-state index contributed by atoms with van der Waals surface area (Å²) in [6, 6.07) is 7.14. The molecule has 0 amide bonds. The van der Waals surface area contributed by atoms with Crippen LogP contribution in [0.2, 0.25) is 0 Å². The van der Waals surface area contributed by atoms with Gasteiger partial charge in [-0.15, -0.1) is 0 Å². The Hall–Kier alpha value is -2.89. The predicted molar refractivity (Wildman–Crippen MR) is 103 cm³/mol. The number of phenols is 3. The van der Waals surface area contributed by atoms with Crippen molar-refractivity contribution in [3.05, 3.63) is 47.0 Å². The number of aliphatic hydroxyl groups is 4. The van der Waals surface area contributed by atoms with Gasteiger partial charge in [0.2, 0.25) is 0 Å². The molecule has 6 atom stereocenters. The van der Waals surface area contributed by atoms with Crippen molar-refractivity contribution in [2.24, 2.45) is 0 Å². The third kappa shape index (κ3) is 3.58. The zero-order valence-electron chi connectivity index (χ0n) is 16.1. The van der Waals surface area contributed by atoms with Gasteiger partial charge in [-0.25, -0.2) is 0 Å². The first-order chi connectivity index (χ1) is 14.7. The van der Waals surface area contributed by atoms with Crippen LogP contribution in [0.15, 0.2) is 30.3 Å². The number of hydrogen-bond donors (Lipinski definition) is 7. The first-order valence-electron chi connectivity index (χ1n) is 9.61. The van der Waals surface area contributed by atoms with Crippen molar-refractivity contribution < 1.29 is 50.0 Å². The van der Waals surface area contributed by atoms with Gasteiger partial charge in [0.05, 0.1) is 18.6 Å². The van der Waals surface area contributed by atoms with Crippen molar-refractivity contribution >= 4 is 5.78 Å². The van der Waals surface area contributed by atoms with Gasteiger partial charge in [0.1, 0.15) is 65.2 Å². The molecule has 0 aliphatic carbocycles. The molecule has 0 radical (unpaired) electrons. The van der Waals surface area contributed by atoms with Crippen LogP contribution >= 0.6 is 0 Å². The molecule has 1 fully saturated rings. The van der Waals surface area contributed by atoms with Gasteiger partial charge in [-0.05, 0) is 17.7 Å². The lowest BCUT2D eigenvalue weighted by atomic mass is 9.87. The van der Waals surface area contributed by atoms with Gasteiger partial charge in [-0.1, -0.05) is 12.1 Å². The fourth-order valence-corrected chi connectivity index (χ4v) is 3.97. The largest absolute Gasteiger partial charge is 0.508 e. The molecule has 10 heteroatoms. The maximum absolute atomic E-state index is 12.8. The van der Waals surface area contributed by atoms with Gasteiger partial charge in [-0.2, -0.15) is 0 Å². The van der Waals surface area contributed by atoms with Gasteiger partial charge < -0.3 is 45.2 Å². The highest BCUT2D eigenvalue weighted by atomic mass is 16.5. The van der Waals surface area contributed by atoms with E-state index in [1.54, 1.807) is 12.1 Å². The molecule has 1 unspecified atom stereocenters. The normalized spacial score (nSPS) is 30.5. The highest BCUT2D eigenvalue weighted by Crippen LogP contribution is 2.49. The Morgan fingerprint density at radius 1 is 0.968 bits per heavy atom. The Labute approximate surface area is 176 Å². The molecule has 10 nitrogen and oxygen atoms in total. The van der Waals surface area contributed by atoms with Crippen molar-refractivity contribution in [1.29, 1.82) is 0 Å². The molecule has 1 saturated heterocycles. The topological polar surface area (TPSA) is 177 Å². The van der Waals surface area contributed by atoms with Gasteiger partial charge in [0, 0.05) is 6.07 Å². The molecule has 4 rings (SSSR count). The lowest BCUT2D eigenvalue weighted by Gasteiger charge is -2.40. The maximum Gasteiger partial charge on any atom is 0.174 e. The molecule has 7 N–H and O–H groups in total. The van der Waals surface area contributed by atoms with Gasteiger partial charge in [0.25, 0.3) is 0 Å². The number of hydrogen-bond acceptors (Lipinski definition) is 10. The minimum atomic E-state index is -1.75. The lowest BCUT2D eigenvalue weighted by molar-refractivity contribution is -0.232. The number of Topliss-reactive ketones (excluding diaryl/α,β-unsaturated/α-hetero) is 1. The third-order valence-corrected chi connectivity index (χ3v) is 5.64. The third-order valence-electron chi connectivity index (χ3n) is 5.64. The molecule has 2 aliphatic rings. The van der Waals surface area contributed by atoms with Crippen LogP contribution in [0.3, 0.4) is 0 Å². The average molecular weight is 434 g/mol. The van der Waals surface area contributed by atoms with Crippen molar-refractivity contribution in [1.82, 2.24) is 0 Å². The summed E-state index contributed by atoms with van der Waals surface area (Å²) in [4.78, 5) is 12.8. The van der Waals surface area contributed by atoms with E-state index in [1.807, 2.05) is 0 Å². The van der Waals surface area contributed by atoms with E-state index in [9.17, 15) is 40.5 Å². The summed E-state index contributed by atoms with van der Waals surface area (Å²) in [6.45, 7) is -0.690. The van der Waals surface area contributed by atoms with E-state index >= 15 is 0 Å². The van der Waals surface area contributed by atoms with E-state index in [4.69, 9.17) is 9.47 Å². The van der Waals surface area contributed by atoms with E-state index in [1.165, 1.54) is 12.1 Å². The van der Waals surface area contributed by atoms with Crippen LogP contribution < -0.4 is 4.74 Å². The SMILES string of the molecule is O=C1CC(c2ccc(O)cc2)Oc2cc(O)c([C@H]3O[C@H](CO)[C@@H](O)[C@H](O)[C@H]3O)c(O)c21. The van der Waals surface area contributed by atoms with E-state index in [0.717, 1.165) is 6.07 Å². The number of aromatic hydroxyl groups is 3. The Bertz CT molecular complexity index is 987. The standard InChI is InChI=1S/C21H22O10/c22-7-14-17(26)19(28)20(29)21(31-14)16-11(25)6-13-15(18(16)27)10(24)5-12(30-13)8-1-3-9(23)4-2-8/h1-4,6,12,14,17,19-23,25-29H,5,7H2/t12?,14-,17-,19+,20-,21-/m1/s1. The summed E-state index contributed by atoms with van der Waals surface area (Å²) >= 11 is 0. The second kappa shape index (κ2) is 7.98. The van der Waals surface area contributed by atoms with Crippen LogP contribution in [-0.2, 0) is 4.74 Å². The number of aliphatic hydroxyl groups excluding tert-OH is 4. The molecular weight excluding hydrogens is 412 g/mol. The quantitative estimate of drug-likeness (QED) is 0.348. The molecule has 0 aromatic heterocycles. The molecule has 0 bridgehead atoms. The highest BCUT2D eigenvalue weighted by Gasteiger charge is 2.47. The van der Waals surface area contributed by atoms with Gasteiger partial charge in [-0.3, -0.25) is 4.79 Å². The number of fused-ring (bicyclic) bond motifs is 1. The van der Waals surface area contributed by atoms with Crippen LogP contribution in [0.1, 0.15) is 40.1 Å². The molecule has 2 aromatic carbocycles. The molecule has 2 heterocycles. The number of phenolic OH excluding ortho intramolecular Hbond substituents is 3. The second-order valence-corrected chi connectivity index (χ2v) is 7.61. The number of carbonyl (C=O) groups is 1. The lowest BCUT2D eigenvalue weighted by Crippen LogP contribution is -2.55. The van der Waals surface area contributed by atoms with Crippen molar-refractivity contribution in [3.63, 3.8) is 0 Å². The fraction of sp³-hybridized carbons (Fsp3) is 0.381. The van der Waals surface area contributed by atoms with Crippen LogP contribution in [-0.4, -0.2) is 72.6 Å². The van der Waals surface area contributed by atoms with E-state index in [0.29, 0.717) is 5.56 Å². The first-order valence-corrected chi connectivity index (χ1v) is 9.61. The van der Waals surface area contributed by atoms with Crippen molar-refractivity contribution in [2.45, 2.75) is 43.0 Å². The summed E-state index contributed by atoms with van der Waals surface area (Å²) < 4.78 is 11.2. The molecule has 0 saturated carbocycles. The monoisotopic (exact) mass is 434 g/mol. The fourth-order valence-electron chi connectivity index (χ4n) is 3.97. The van der Waals surface area contributed by atoms with E-state index in [2.05, 4.69) is 0 Å². The maximum atomic E-state index is 12.8. The summed E-state index contributed by atoms with van der Waals surface area (Å²) in [7, 11) is 0. The zero-order chi connectivity index (χ0) is 22.4. The van der Waals surface area contributed by atoms with Crippen LogP contribution in [0.25, 0.3) is 0 Å². The second-order valence-electron chi connectivity index (χ2n) is 7.61. The van der Waals surface area contributed by atoms with Gasteiger partial charge in [0.15, 0.2) is 5.78 Å². The Kier molecular flexibility index (Phi) is 5.50. The zero-order valence-corrected chi connectivity index (χ0v) is 16.1.